The zero-order valence-corrected chi connectivity index (χ0v) is 15.3. The van der Waals surface area contributed by atoms with Crippen LogP contribution in [0.5, 0.6) is 0 Å². The van der Waals surface area contributed by atoms with Crippen molar-refractivity contribution in [3.8, 4) is 0 Å². The van der Waals surface area contributed by atoms with Crippen LogP contribution in [0.15, 0.2) is 0 Å². The monoisotopic (exact) mass is 345 g/mol. The van der Waals surface area contributed by atoms with E-state index in [1.807, 2.05) is 0 Å². The first-order valence-electron chi connectivity index (χ1n) is 8.77. The summed E-state index contributed by atoms with van der Waals surface area (Å²) in [5, 5.41) is 3.16. The fraction of sp³-hybridized carbons (Fsp3) is 0.938. The minimum atomic E-state index is -3.10. The second-order valence-electron chi connectivity index (χ2n) is 7.17. The topological polar surface area (TPSA) is 69.7 Å². The maximum atomic E-state index is 12.1. The fourth-order valence-corrected chi connectivity index (χ4v) is 4.03. The van der Waals surface area contributed by atoms with Gasteiger partial charge in [-0.05, 0) is 44.7 Å². The Morgan fingerprint density at radius 2 is 1.74 bits per heavy atom. The highest BCUT2D eigenvalue weighted by atomic mass is 32.2. The van der Waals surface area contributed by atoms with Crippen molar-refractivity contribution in [1.82, 2.24) is 14.5 Å². The van der Waals surface area contributed by atoms with Gasteiger partial charge in [-0.2, -0.15) is 0 Å². The third-order valence-electron chi connectivity index (χ3n) is 5.13. The van der Waals surface area contributed by atoms with Crippen LogP contribution in [0.4, 0.5) is 0 Å². The minimum Gasteiger partial charge on any atom is -0.352 e. The molecule has 2 fully saturated rings. The van der Waals surface area contributed by atoms with Crippen LogP contribution in [-0.4, -0.2) is 69.1 Å². The molecule has 134 valence electrons. The lowest BCUT2D eigenvalue weighted by Gasteiger charge is -2.33. The van der Waals surface area contributed by atoms with Crippen LogP contribution < -0.4 is 5.32 Å². The molecular weight excluding hydrogens is 314 g/mol. The van der Waals surface area contributed by atoms with Crippen molar-refractivity contribution in [2.75, 3.05) is 39.5 Å². The Morgan fingerprint density at radius 1 is 1.13 bits per heavy atom. The number of rotatable bonds is 6. The lowest BCUT2D eigenvalue weighted by Crippen LogP contribution is -2.46. The molecule has 0 spiro atoms. The van der Waals surface area contributed by atoms with Gasteiger partial charge in [0.15, 0.2) is 0 Å². The molecule has 1 aliphatic heterocycles. The van der Waals surface area contributed by atoms with Crippen LogP contribution in [0.25, 0.3) is 0 Å². The number of carbonyl (C=O) groups excluding carboxylic acids is 1. The number of hydrogen-bond acceptors (Lipinski definition) is 4. The molecule has 1 amide bonds. The van der Waals surface area contributed by atoms with Gasteiger partial charge in [-0.1, -0.05) is 19.3 Å². The van der Waals surface area contributed by atoms with E-state index in [2.05, 4.69) is 10.2 Å². The highest BCUT2D eigenvalue weighted by Gasteiger charge is 2.24. The fourth-order valence-electron chi connectivity index (χ4n) is 3.55. The molecule has 0 aromatic carbocycles. The van der Waals surface area contributed by atoms with Crippen molar-refractivity contribution in [3.63, 3.8) is 0 Å². The first kappa shape index (κ1) is 18.7. The van der Waals surface area contributed by atoms with E-state index < -0.39 is 10.0 Å². The average Bonchev–Trinajstić information content (AvgIpc) is 2.49. The minimum absolute atomic E-state index is 0.142. The standard InChI is InChI=1S/C16H31N3O3S/c1-18(23(2,21)22)12-14-8-10-19(11-9-14)13-16(20)17-15-6-4-3-5-7-15/h14-15H,3-13H2,1-2H3,(H,17,20). The van der Waals surface area contributed by atoms with Crippen molar-refractivity contribution in [3.05, 3.63) is 0 Å². The predicted molar refractivity (Wildman–Crippen MR) is 91.7 cm³/mol. The molecule has 23 heavy (non-hydrogen) atoms. The summed E-state index contributed by atoms with van der Waals surface area (Å²) in [6, 6.07) is 0.372. The number of carbonyl (C=O) groups is 1. The van der Waals surface area contributed by atoms with Crippen LogP contribution in [0.3, 0.4) is 0 Å². The molecule has 0 aromatic rings. The number of nitrogens with one attached hydrogen (secondary N) is 1. The summed E-state index contributed by atoms with van der Waals surface area (Å²) in [5.41, 5.74) is 0. The molecule has 0 unspecified atom stereocenters. The Balaban J connectivity index is 1.67. The van der Waals surface area contributed by atoms with Gasteiger partial charge in [-0.3, -0.25) is 9.69 Å². The van der Waals surface area contributed by atoms with E-state index >= 15 is 0 Å². The van der Waals surface area contributed by atoms with Crippen LogP contribution >= 0.6 is 0 Å². The van der Waals surface area contributed by atoms with E-state index in [1.54, 1.807) is 7.05 Å². The highest BCUT2D eigenvalue weighted by Crippen LogP contribution is 2.19. The van der Waals surface area contributed by atoms with Gasteiger partial charge in [0, 0.05) is 19.6 Å². The number of likely N-dealkylation sites (tertiary alicyclic amines) is 1. The number of sulfonamides is 1. The predicted octanol–water partition coefficient (Wildman–Crippen LogP) is 1.04. The van der Waals surface area contributed by atoms with E-state index in [1.165, 1.54) is 29.8 Å². The van der Waals surface area contributed by atoms with E-state index in [4.69, 9.17) is 0 Å². The largest absolute Gasteiger partial charge is 0.352 e. The lowest BCUT2D eigenvalue weighted by atomic mass is 9.95. The molecule has 2 aliphatic rings. The number of hydrogen-bond donors (Lipinski definition) is 1. The number of nitrogens with zero attached hydrogens (tertiary/aromatic N) is 2. The summed E-state index contributed by atoms with van der Waals surface area (Å²) >= 11 is 0. The molecule has 6 nitrogen and oxygen atoms in total. The molecule has 1 heterocycles. The summed E-state index contributed by atoms with van der Waals surface area (Å²) in [4.78, 5) is 14.3. The first-order chi connectivity index (χ1) is 10.8. The van der Waals surface area contributed by atoms with Gasteiger partial charge >= 0.3 is 0 Å². The molecule has 2 rings (SSSR count). The van der Waals surface area contributed by atoms with Crippen molar-refractivity contribution in [1.29, 1.82) is 0 Å². The SMILES string of the molecule is CN(CC1CCN(CC(=O)NC2CCCCC2)CC1)S(C)(=O)=O. The molecule has 1 saturated carbocycles. The van der Waals surface area contributed by atoms with Gasteiger partial charge < -0.3 is 5.32 Å². The Hall–Kier alpha value is -0.660. The summed E-state index contributed by atoms with van der Waals surface area (Å²) in [6.45, 7) is 2.81. The molecular formula is C16H31N3O3S. The van der Waals surface area contributed by atoms with Gasteiger partial charge in [0.1, 0.15) is 0 Å². The molecule has 0 bridgehead atoms. The van der Waals surface area contributed by atoms with Gasteiger partial charge in [-0.15, -0.1) is 0 Å². The normalized spacial score (nSPS) is 22.4. The Bertz CT molecular complexity index is 481. The second-order valence-corrected chi connectivity index (χ2v) is 9.25. The zero-order chi connectivity index (χ0) is 16.9. The molecule has 1 aliphatic carbocycles. The van der Waals surface area contributed by atoms with Gasteiger partial charge in [0.25, 0.3) is 0 Å². The molecule has 0 atom stereocenters. The van der Waals surface area contributed by atoms with Crippen LogP contribution in [0.2, 0.25) is 0 Å². The summed E-state index contributed by atoms with van der Waals surface area (Å²) in [5.74, 6) is 0.538. The number of piperidine rings is 1. The lowest BCUT2D eigenvalue weighted by molar-refractivity contribution is -0.123. The summed E-state index contributed by atoms with van der Waals surface area (Å²) in [7, 11) is -1.46. The van der Waals surface area contributed by atoms with E-state index in [0.717, 1.165) is 38.8 Å². The molecule has 0 aromatic heterocycles. The highest BCUT2D eigenvalue weighted by molar-refractivity contribution is 7.88. The molecule has 1 saturated heterocycles. The maximum Gasteiger partial charge on any atom is 0.234 e. The van der Waals surface area contributed by atoms with Crippen LogP contribution in [0.1, 0.15) is 44.9 Å². The van der Waals surface area contributed by atoms with Gasteiger partial charge in [0.2, 0.25) is 15.9 Å². The first-order valence-corrected chi connectivity index (χ1v) is 10.6. The summed E-state index contributed by atoms with van der Waals surface area (Å²) in [6.07, 6.45) is 9.14. The maximum absolute atomic E-state index is 12.1. The quantitative estimate of drug-likeness (QED) is 0.781. The smallest absolute Gasteiger partial charge is 0.234 e. The summed E-state index contributed by atoms with van der Waals surface area (Å²) < 4.78 is 24.4. The Labute approximate surface area is 140 Å². The third kappa shape index (κ3) is 6.39. The zero-order valence-electron chi connectivity index (χ0n) is 14.5. The van der Waals surface area contributed by atoms with Gasteiger partial charge in [0.05, 0.1) is 12.8 Å². The van der Waals surface area contributed by atoms with Gasteiger partial charge in [-0.25, -0.2) is 12.7 Å². The van der Waals surface area contributed by atoms with E-state index in [0.29, 0.717) is 25.0 Å². The third-order valence-corrected chi connectivity index (χ3v) is 6.41. The van der Waals surface area contributed by atoms with E-state index in [-0.39, 0.29) is 5.91 Å². The molecule has 0 radical (unpaired) electrons. The van der Waals surface area contributed by atoms with Crippen LogP contribution in [-0.2, 0) is 14.8 Å². The van der Waals surface area contributed by atoms with Crippen LogP contribution in [0, 0.1) is 5.92 Å². The molecule has 1 N–H and O–H groups in total. The molecule has 7 heteroatoms. The van der Waals surface area contributed by atoms with E-state index in [9.17, 15) is 13.2 Å². The number of amides is 1. The van der Waals surface area contributed by atoms with Crippen molar-refractivity contribution >= 4 is 15.9 Å². The average molecular weight is 346 g/mol. The van der Waals surface area contributed by atoms with Crippen molar-refractivity contribution in [2.45, 2.75) is 51.0 Å². The second kappa shape index (κ2) is 8.44. The van der Waals surface area contributed by atoms with Crippen molar-refractivity contribution < 1.29 is 13.2 Å². The Morgan fingerprint density at radius 3 is 2.30 bits per heavy atom. The van der Waals surface area contributed by atoms with Crippen molar-refractivity contribution in [2.24, 2.45) is 5.92 Å². The Kier molecular flexibility index (Phi) is 6.85.